The lowest BCUT2D eigenvalue weighted by molar-refractivity contribution is 0.355. The third-order valence-corrected chi connectivity index (χ3v) is 3.85. The highest BCUT2D eigenvalue weighted by molar-refractivity contribution is 8.14. The quantitative estimate of drug-likeness (QED) is 0.599. The van der Waals surface area contributed by atoms with Gasteiger partial charge in [0.15, 0.2) is 5.17 Å². The molecule has 0 aromatic carbocycles. The first-order valence-electron chi connectivity index (χ1n) is 4.46. The maximum Gasteiger partial charge on any atom is 0.159 e. The Balaban J connectivity index is 1.88. The number of nitrogens with zero attached hydrogens (tertiary/aromatic N) is 2. The Hall–Kier alpha value is 0.170. The minimum absolute atomic E-state index is 0.619. The molecule has 2 rings (SSSR count). The van der Waals surface area contributed by atoms with E-state index in [-0.39, 0.29) is 0 Å². The van der Waals surface area contributed by atoms with E-state index in [2.05, 4.69) is 22.5 Å². The molecule has 2 aliphatic heterocycles. The van der Waals surface area contributed by atoms with Gasteiger partial charge < -0.3 is 4.90 Å². The first-order valence-corrected chi connectivity index (χ1v) is 5.97. The molecule has 0 amide bonds. The molecule has 68 valence electrons. The van der Waals surface area contributed by atoms with Gasteiger partial charge in [-0.15, -0.1) is 0 Å². The first-order chi connectivity index (χ1) is 5.86. The second kappa shape index (κ2) is 3.92. The highest BCUT2D eigenvalue weighted by atomic mass is 32.2. The van der Waals surface area contributed by atoms with Crippen LogP contribution in [-0.4, -0.2) is 40.7 Å². The molecule has 2 aliphatic rings. The molecule has 0 aliphatic carbocycles. The summed E-state index contributed by atoms with van der Waals surface area (Å²) in [4.78, 5) is 6.87. The second-order valence-corrected chi connectivity index (χ2v) is 5.02. The van der Waals surface area contributed by atoms with Crippen LogP contribution in [0.3, 0.4) is 0 Å². The number of hydrogen-bond acceptors (Lipinski definition) is 4. The summed E-state index contributed by atoms with van der Waals surface area (Å²) in [6.45, 7) is 3.32. The normalized spacial score (nSPS) is 26.1. The summed E-state index contributed by atoms with van der Waals surface area (Å²) in [5.74, 6) is 1.18. The fourth-order valence-electron chi connectivity index (χ4n) is 1.57. The number of hydrogen-bond donors (Lipinski definition) is 1. The SMILES string of the molecule is SC1CCN(C2=NCCS2)CC1. The lowest BCUT2D eigenvalue weighted by Crippen LogP contribution is -2.36. The third-order valence-electron chi connectivity index (χ3n) is 2.30. The van der Waals surface area contributed by atoms with E-state index in [1.807, 2.05) is 11.8 Å². The number of amidine groups is 1. The van der Waals surface area contributed by atoms with Crippen LogP contribution in [0.1, 0.15) is 12.8 Å². The molecule has 0 unspecified atom stereocenters. The maximum absolute atomic E-state index is 4.47. The van der Waals surface area contributed by atoms with Crippen LogP contribution in [0, 0.1) is 0 Å². The van der Waals surface area contributed by atoms with Crippen molar-refractivity contribution in [2.24, 2.45) is 4.99 Å². The van der Waals surface area contributed by atoms with Crippen molar-refractivity contribution < 1.29 is 0 Å². The van der Waals surface area contributed by atoms with Crippen molar-refractivity contribution in [3.05, 3.63) is 0 Å². The van der Waals surface area contributed by atoms with Crippen LogP contribution in [0.15, 0.2) is 4.99 Å². The number of rotatable bonds is 0. The molecule has 0 aromatic rings. The minimum Gasteiger partial charge on any atom is -0.351 e. The zero-order valence-electron chi connectivity index (χ0n) is 7.07. The predicted octanol–water partition coefficient (Wildman–Crippen LogP) is 1.48. The molecule has 0 radical (unpaired) electrons. The Labute approximate surface area is 83.2 Å². The second-order valence-electron chi connectivity index (χ2n) is 3.23. The summed E-state index contributed by atoms with van der Waals surface area (Å²) >= 11 is 6.37. The standard InChI is InChI=1S/C8H14N2S2/c11-7-1-4-10(5-2-7)8-9-3-6-12-8/h7,11H,1-6H2. The highest BCUT2D eigenvalue weighted by Crippen LogP contribution is 2.21. The fourth-order valence-corrected chi connectivity index (χ4v) is 2.72. The number of thiol groups is 1. The molecule has 12 heavy (non-hydrogen) atoms. The molecular weight excluding hydrogens is 188 g/mol. The molecule has 1 fully saturated rings. The Morgan fingerprint density at radius 3 is 2.75 bits per heavy atom. The molecule has 0 atom stereocenters. The van der Waals surface area contributed by atoms with Gasteiger partial charge in [0, 0.05) is 24.1 Å². The molecule has 0 N–H and O–H groups in total. The molecule has 1 saturated heterocycles. The highest BCUT2D eigenvalue weighted by Gasteiger charge is 2.21. The van der Waals surface area contributed by atoms with E-state index in [9.17, 15) is 0 Å². The monoisotopic (exact) mass is 202 g/mol. The Morgan fingerprint density at radius 2 is 2.17 bits per heavy atom. The molecule has 0 aromatic heterocycles. The summed E-state index contributed by atoms with van der Waals surface area (Å²) in [5.41, 5.74) is 0. The van der Waals surface area contributed by atoms with Crippen molar-refractivity contribution in [3.8, 4) is 0 Å². The Bertz CT molecular complexity index is 185. The number of likely N-dealkylation sites (tertiary alicyclic amines) is 1. The van der Waals surface area contributed by atoms with Gasteiger partial charge in [-0.2, -0.15) is 12.6 Å². The zero-order chi connectivity index (χ0) is 8.39. The van der Waals surface area contributed by atoms with Gasteiger partial charge in [0.05, 0.1) is 6.54 Å². The average Bonchev–Trinajstić information content (AvgIpc) is 2.58. The van der Waals surface area contributed by atoms with Gasteiger partial charge in [-0.05, 0) is 12.8 Å². The molecule has 4 heteroatoms. The summed E-state index contributed by atoms with van der Waals surface area (Å²) in [6.07, 6.45) is 2.42. The fraction of sp³-hybridized carbons (Fsp3) is 0.875. The summed E-state index contributed by atoms with van der Waals surface area (Å²) in [7, 11) is 0. The van der Waals surface area contributed by atoms with E-state index < -0.39 is 0 Å². The molecular formula is C8H14N2S2. The molecule has 0 bridgehead atoms. The van der Waals surface area contributed by atoms with Gasteiger partial charge in [0.25, 0.3) is 0 Å². The van der Waals surface area contributed by atoms with Gasteiger partial charge in [-0.3, -0.25) is 4.99 Å². The topological polar surface area (TPSA) is 15.6 Å². The van der Waals surface area contributed by atoms with Crippen LogP contribution in [0.2, 0.25) is 0 Å². The van der Waals surface area contributed by atoms with E-state index in [0.29, 0.717) is 5.25 Å². The van der Waals surface area contributed by atoms with Gasteiger partial charge >= 0.3 is 0 Å². The van der Waals surface area contributed by atoms with Crippen LogP contribution in [0.5, 0.6) is 0 Å². The van der Waals surface area contributed by atoms with Crippen LogP contribution in [0.4, 0.5) is 0 Å². The lowest BCUT2D eigenvalue weighted by Gasteiger charge is -2.30. The Kier molecular flexibility index (Phi) is 2.86. The molecule has 2 nitrogen and oxygen atoms in total. The van der Waals surface area contributed by atoms with Crippen LogP contribution in [-0.2, 0) is 0 Å². The maximum atomic E-state index is 4.47. The summed E-state index contributed by atoms with van der Waals surface area (Å²) < 4.78 is 0. The van der Waals surface area contributed by atoms with Crippen molar-refractivity contribution >= 4 is 29.6 Å². The number of thioether (sulfide) groups is 1. The van der Waals surface area contributed by atoms with E-state index in [1.54, 1.807) is 0 Å². The molecule has 0 spiro atoms. The first kappa shape index (κ1) is 8.75. The van der Waals surface area contributed by atoms with Crippen molar-refractivity contribution in [1.82, 2.24) is 4.90 Å². The smallest absolute Gasteiger partial charge is 0.159 e. The van der Waals surface area contributed by atoms with Gasteiger partial charge in [-0.1, -0.05) is 11.8 Å². The Morgan fingerprint density at radius 1 is 1.42 bits per heavy atom. The van der Waals surface area contributed by atoms with Crippen LogP contribution < -0.4 is 0 Å². The van der Waals surface area contributed by atoms with Crippen LogP contribution in [0.25, 0.3) is 0 Å². The van der Waals surface area contributed by atoms with E-state index in [1.165, 1.54) is 23.8 Å². The van der Waals surface area contributed by atoms with Crippen molar-refractivity contribution in [3.63, 3.8) is 0 Å². The van der Waals surface area contributed by atoms with E-state index >= 15 is 0 Å². The minimum atomic E-state index is 0.619. The summed E-state index contributed by atoms with van der Waals surface area (Å²) in [6, 6.07) is 0. The van der Waals surface area contributed by atoms with Crippen molar-refractivity contribution in [2.75, 3.05) is 25.4 Å². The van der Waals surface area contributed by atoms with E-state index in [4.69, 9.17) is 0 Å². The zero-order valence-corrected chi connectivity index (χ0v) is 8.78. The number of piperidine rings is 1. The summed E-state index contributed by atoms with van der Waals surface area (Å²) in [5, 5.41) is 1.89. The lowest BCUT2D eigenvalue weighted by atomic mass is 10.1. The van der Waals surface area contributed by atoms with Gasteiger partial charge in [0.1, 0.15) is 0 Å². The molecule has 0 saturated carbocycles. The number of aliphatic imine (C=N–C) groups is 1. The third kappa shape index (κ3) is 1.91. The van der Waals surface area contributed by atoms with Gasteiger partial charge in [-0.25, -0.2) is 0 Å². The van der Waals surface area contributed by atoms with Crippen LogP contribution >= 0.6 is 24.4 Å². The average molecular weight is 202 g/mol. The van der Waals surface area contributed by atoms with E-state index in [0.717, 1.165) is 19.6 Å². The molecule has 2 heterocycles. The van der Waals surface area contributed by atoms with Crippen molar-refractivity contribution in [1.29, 1.82) is 0 Å². The van der Waals surface area contributed by atoms with Crippen molar-refractivity contribution in [2.45, 2.75) is 18.1 Å². The largest absolute Gasteiger partial charge is 0.351 e. The predicted molar refractivity (Wildman–Crippen MR) is 58.3 cm³/mol. The van der Waals surface area contributed by atoms with Gasteiger partial charge in [0.2, 0.25) is 0 Å².